The predicted octanol–water partition coefficient (Wildman–Crippen LogP) is 4.08. The van der Waals surface area contributed by atoms with Gasteiger partial charge in [-0.15, -0.1) is 0 Å². The summed E-state index contributed by atoms with van der Waals surface area (Å²) < 4.78 is 12.6. The monoisotopic (exact) mass is 609 g/mol. The average molecular weight is 610 g/mol. The van der Waals surface area contributed by atoms with Crippen molar-refractivity contribution in [1.82, 2.24) is 14.5 Å². The molecule has 3 N–H and O–H groups in total. The van der Waals surface area contributed by atoms with Crippen LogP contribution in [0.3, 0.4) is 0 Å². The molecule has 0 unspecified atom stereocenters. The zero-order valence-electron chi connectivity index (χ0n) is 25.4. The molecule has 0 aliphatic carbocycles. The Kier molecular flexibility index (Phi) is 8.13. The number of amides is 2. The van der Waals surface area contributed by atoms with E-state index in [1.807, 2.05) is 12.1 Å². The summed E-state index contributed by atoms with van der Waals surface area (Å²) in [5.41, 5.74) is 4.05. The minimum atomic E-state index is -0.348. The molecule has 0 bridgehead atoms. The fraction of sp³-hybridized carbons (Fsp3) is 0.294. The Hall–Kier alpha value is -5.00. The number of aromatic nitrogens is 2. The van der Waals surface area contributed by atoms with Crippen LogP contribution in [0.1, 0.15) is 45.7 Å². The second-order valence-electron chi connectivity index (χ2n) is 11.8. The highest BCUT2D eigenvalue weighted by Crippen LogP contribution is 2.39. The van der Waals surface area contributed by atoms with Gasteiger partial charge >= 0.3 is 0 Å². The molecule has 0 radical (unpaired) electrons. The molecular weight excluding hydrogens is 574 g/mol. The third-order valence-corrected chi connectivity index (χ3v) is 8.21. The van der Waals surface area contributed by atoms with E-state index >= 15 is 0 Å². The molecule has 1 saturated heterocycles. The van der Waals surface area contributed by atoms with Crippen molar-refractivity contribution in [2.24, 2.45) is 7.05 Å². The van der Waals surface area contributed by atoms with Gasteiger partial charge in [0.2, 0.25) is 0 Å². The maximum absolute atomic E-state index is 13.3. The number of hydrogen-bond acceptors (Lipinski definition) is 8. The summed E-state index contributed by atoms with van der Waals surface area (Å²) in [5.74, 6) is 0.643. The van der Waals surface area contributed by atoms with Gasteiger partial charge in [-0.3, -0.25) is 14.4 Å². The Morgan fingerprint density at radius 1 is 1.02 bits per heavy atom. The average Bonchev–Trinajstić information content (AvgIpc) is 3.36. The van der Waals surface area contributed by atoms with Crippen molar-refractivity contribution in [3.8, 4) is 16.9 Å². The van der Waals surface area contributed by atoms with Gasteiger partial charge in [0.15, 0.2) is 0 Å². The van der Waals surface area contributed by atoms with Crippen molar-refractivity contribution in [3.63, 3.8) is 0 Å². The molecule has 2 aliphatic rings. The summed E-state index contributed by atoms with van der Waals surface area (Å²) in [7, 11) is 1.63. The molecule has 11 heteroatoms. The van der Waals surface area contributed by atoms with Gasteiger partial charge < -0.3 is 34.7 Å². The van der Waals surface area contributed by atoms with Gasteiger partial charge in [0.1, 0.15) is 17.3 Å². The molecule has 6 rings (SSSR count). The van der Waals surface area contributed by atoms with E-state index in [0.29, 0.717) is 78.0 Å². The SMILES string of the molecule is Cn1cc(-c2cccc(NC(=O)c3ccc4c(c3)OCC4(C)C)c2CO)cc(Nc2ccc(C(=O)N3CCOCC3)cn2)c1=O. The molecule has 2 aliphatic heterocycles. The largest absolute Gasteiger partial charge is 0.492 e. The van der Waals surface area contributed by atoms with Crippen LogP contribution in [0.5, 0.6) is 5.75 Å². The Morgan fingerprint density at radius 2 is 1.80 bits per heavy atom. The van der Waals surface area contributed by atoms with Crippen LogP contribution in [0, 0.1) is 0 Å². The number of carbonyl (C=O) groups excluding carboxylic acids is 2. The first kappa shape index (κ1) is 30.0. The summed E-state index contributed by atoms with van der Waals surface area (Å²) >= 11 is 0. The van der Waals surface area contributed by atoms with E-state index in [4.69, 9.17) is 9.47 Å². The Morgan fingerprint density at radius 3 is 2.53 bits per heavy atom. The van der Waals surface area contributed by atoms with Crippen molar-refractivity contribution in [2.75, 3.05) is 43.5 Å². The number of ether oxygens (including phenoxy) is 2. The first-order valence-electron chi connectivity index (χ1n) is 14.8. The number of benzene rings is 2. The number of nitrogens with one attached hydrogen (secondary N) is 2. The molecule has 0 spiro atoms. The van der Waals surface area contributed by atoms with Gasteiger partial charge in [-0.1, -0.05) is 32.0 Å². The predicted molar refractivity (Wildman–Crippen MR) is 170 cm³/mol. The van der Waals surface area contributed by atoms with Crippen LogP contribution in [-0.4, -0.2) is 64.3 Å². The van der Waals surface area contributed by atoms with Crippen LogP contribution in [0.2, 0.25) is 0 Å². The van der Waals surface area contributed by atoms with Crippen LogP contribution in [-0.2, 0) is 23.8 Å². The maximum atomic E-state index is 13.3. The zero-order chi connectivity index (χ0) is 31.7. The maximum Gasteiger partial charge on any atom is 0.274 e. The lowest BCUT2D eigenvalue weighted by atomic mass is 9.86. The minimum Gasteiger partial charge on any atom is -0.492 e. The van der Waals surface area contributed by atoms with Gasteiger partial charge in [-0.05, 0) is 42.0 Å². The van der Waals surface area contributed by atoms with E-state index in [2.05, 4.69) is 29.5 Å². The van der Waals surface area contributed by atoms with E-state index in [9.17, 15) is 19.5 Å². The topological polar surface area (TPSA) is 135 Å². The second-order valence-corrected chi connectivity index (χ2v) is 11.8. The fourth-order valence-corrected chi connectivity index (χ4v) is 5.65. The summed E-state index contributed by atoms with van der Waals surface area (Å²) in [6.45, 7) is 6.48. The molecule has 2 aromatic carbocycles. The van der Waals surface area contributed by atoms with E-state index in [1.54, 1.807) is 60.6 Å². The number of hydrogen-bond donors (Lipinski definition) is 3. The molecule has 232 valence electrons. The van der Waals surface area contributed by atoms with Gasteiger partial charge in [0, 0.05) is 65.9 Å². The van der Waals surface area contributed by atoms with Crippen LogP contribution < -0.4 is 20.9 Å². The molecular formula is C34H35N5O6. The molecule has 2 amide bonds. The van der Waals surface area contributed by atoms with Crippen LogP contribution in [0.25, 0.3) is 11.1 Å². The Bertz CT molecular complexity index is 1830. The summed E-state index contributed by atoms with van der Waals surface area (Å²) in [6, 6.07) is 15.8. The lowest BCUT2D eigenvalue weighted by Gasteiger charge is -2.26. The van der Waals surface area contributed by atoms with Gasteiger partial charge in [-0.25, -0.2) is 4.98 Å². The number of fused-ring (bicyclic) bond motifs is 1. The molecule has 11 nitrogen and oxygen atoms in total. The van der Waals surface area contributed by atoms with Crippen molar-refractivity contribution >= 4 is 29.0 Å². The van der Waals surface area contributed by atoms with E-state index in [-0.39, 0.29) is 35.1 Å². The number of pyridine rings is 2. The van der Waals surface area contributed by atoms with E-state index in [0.717, 1.165) is 5.56 Å². The first-order valence-corrected chi connectivity index (χ1v) is 14.8. The summed E-state index contributed by atoms with van der Waals surface area (Å²) in [6.07, 6.45) is 3.16. The highest BCUT2D eigenvalue weighted by molar-refractivity contribution is 6.05. The van der Waals surface area contributed by atoms with E-state index in [1.165, 1.54) is 10.8 Å². The smallest absolute Gasteiger partial charge is 0.274 e. The molecule has 0 atom stereocenters. The van der Waals surface area contributed by atoms with Gasteiger partial charge in [0.05, 0.1) is 32.0 Å². The Balaban J connectivity index is 1.24. The molecule has 0 saturated carbocycles. The fourth-order valence-electron chi connectivity index (χ4n) is 5.65. The summed E-state index contributed by atoms with van der Waals surface area (Å²) in [5, 5.41) is 16.4. The second kappa shape index (κ2) is 12.2. The number of aliphatic hydroxyl groups excluding tert-OH is 1. The van der Waals surface area contributed by atoms with Crippen molar-refractivity contribution < 1.29 is 24.2 Å². The zero-order valence-corrected chi connectivity index (χ0v) is 25.4. The van der Waals surface area contributed by atoms with Crippen LogP contribution in [0.4, 0.5) is 17.2 Å². The number of carbonyl (C=O) groups is 2. The van der Waals surface area contributed by atoms with Crippen LogP contribution >= 0.6 is 0 Å². The van der Waals surface area contributed by atoms with Crippen molar-refractivity contribution in [1.29, 1.82) is 0 Å². The lowest BCUT2D eigenvalue weighted by Crippen LogP contribution is -2.40. The Labute approximate surface area is 260 Å². The third-order valence-electron chi connectivity index (χ3n) is 8.21. The quantitative estimate of drug-likeness (QED) is 0.285. The normalized spacial score (nSPS) is 15.2. The van der Waals surface area contributed by atoms with Crippen molar-refractivity contribution in [2.45, 2.75) is 25.9 Å². The number of aliphatic hydroxyl groups is 1. The number of anilines is 3. The number of nitrogens with zero attached hydrogens (tertiary/aromatic N) is 3. The lowest BCUT2D eigenvalue weighted by molar-refractivity contribution is 0.0302. The molecule has 45 heavy (non-hydrogen) atoms. The number of rotatable bonds is 7. The van der Waals surface area contributed by atoms with Gasteiger partial charge in [0.25, 0.3) is 17.4 Å². The molecule has 4 heterocycles. The number of aryl methyl sites for hydroxylation is 1. The first-order chi connectivity index (χ1) is 21.6. The molecule has 1 fully saturated rings. The molecule has 4 aromatic rings. The standard InChI is InChI=1S/C34H35N5O6/c1-34(2)20-45-29-16-21(7-9-26(29)34)31(41)37-27-6-4-5-24(25(27)19-40)23-15-28(33(43)38(3)18-23)36-30-10-8-22(17-35-30)32(42)39-11-13-44-14-12-39/h4-10,15-18,40H,11-14,19-20H2,1-3H3,(H,35,36)(H,37,41). The minimum absolute atomic E-state index is 0.117. The van der Waals surface area contributed by atoms with Gasteiger partial charge in [-0.2, -0.15) is 0 Å². The van der Waals surface area contributed by atoms with Crippen molar-refractivity contribution in [3.05, 3.63) is 99.6 Å². The molecule has 2 aromatic heterocycles. The highest BCUT2D eigenvalue weighted by atomic mass is 16.5. The number of morpholine rings is 1. The highest BCUT2D eigenvalue weighted by Gasteiger charge is 2.32. The third kappa shape index (κ3) is 6.04. The van der Waals surface area contributed by atoms with Crippen LogP contribution in [0.15, 0.2) is 71.8 Å². The van der Waals surface area contributed by atoms with E-state index < -0.39 is 0 Å². The summed E-state index contributed by atoms with van der Waals surface area (Å²) in [4.78, 5) is 45.2.